The monoisotopic (exact) mass is 518 g/mol. The fourth-order valence-electron chi connectivity index (χ4n) is 3.78. The molecule has 4 rings (SSSR count). The van der Waals surface area contributed by atoms with Crippen LogP contribution in [0.15, 0.2) is 71.2 Å². The summed E-state index contributed by atoms with van der Waals surface area (Å²) in [5, 5.41) is 6.18. The van der Waals surface area contributed by atoms with Gasteiger partial charge < -0.3 is 10.6 Å². The molecular weight excluding hydrogens is 496 g/mol. The lowest BCUT2D eigenvalue weighted by atomic mass is 10.1. The number of fused-ring (bicyclic) bond motifs is 1. The van der Waals surface area contributed by atoms with Crippen molar-refractivity contribution in [1.29, 1.82) is 0 Å². The SMILES string of the molecule is Cc1cccc(NC(=O)C(=O)Nn2c(C(=O)Nc3cc(C)cc(C)c3)cc3cc(Br)ccc32)c1. The second-order valence-corrected chi connectivity index (χ2v) is 9.08. The highest BCUT2D eigenvalue weighted by atomic mass is 79.9. The Kier molecular flexibility index (Phi) is 6.51. The standard InChI is InChI=1S/C26H23BrN4O3/c1-15-5-4-6-20(10-15)28-25(33)26(34)30-31-22-8-7-19(27)13-18(22)14-23(31)24(32)29-21-11-16(2)9-17(3)12-21/h4-14H,1-3H3,(H,28,33)(H,29,32)(H,30,34). The maximum Gasteiger partial charge on any atom is 0.328 e. The quantitative estimate of drug-likeness (QED) is 0.320. The number of carbonyl (C=O) groups excluding carboxylic acids is 3. The third-order valence-electron chi connectivity index (χ3n) is 5.17. The summed E-state index contributed by atoms with van der Waals surface area (Å²) in [6.45, 7) is 5.79. The van der Waals surface area contributed by atoms with Gasteiger partial charge in [-0.3, -0.25) is 19.8 Å². The summed E-state index contributed by atoms with van der Waals surface area (Å²) in [7, 11) is 0. The molecule has 0 saturated carbocycles. The normalized spacial score (nSPS) is 10.7. The van der Waals surface area contributed by atoms with E-state index in [9.17, 15) is 14.4 Å². The summed E-state index contributed by atoms with van der Waals surface area (Å²) in [4.78, 5) is 38.5. The number of rotatable bonds is 4. The van der Waals surface area contributed by atoms with Gasteiger partial charge in [-0.25, -0.2) is 4.68 Å². The summed E-state index contributed by atoms with van der Waals surface area (Å²) in [5.41, 5.74) is 7.46. The molecule has 3 amide bonds. The Bertz CT molecular complexity index is 1420. The van der Waals surface area contributed by atoms with Gasteiger partial charge in [0.1, 0.15) is 5.69 Å². The Hall–Kier alpha value is -3.91. The molecule has 0 fully saturated rings. The van der Waals surface area contributed by atoms with E-state index < -0.39 is 17.7 Å². The largest absolute Gasteiger partial charge is 0.328 e. The van der Waals surface area contributed by atoms with E-state index in [0.717, 1.165) is 26.5 Å². The molecule has 1 heterocycles. The highest BCUT2D eigenvalue weighted by molar-refractivity contribution is 9.10. The van der Waals surface area contributed by atoms with Gasteiger partial charge in [0.2, 0.25) is 0 Å². The van der Waals surface area contributed by atoms with Gasteiger partial charge in [-0.1, -0.05) is 34.1 Å². The predicted molar refractivity (Wildman–Crippen MR) is 138 cm³/mol. The fraction of sp³-hybridized carbons (Fsp3) is 0.115. The molecule has 0 atom stereocenters. The van der Waals surface area contributed by atoms with E-state index in [1.54, 1.807) is 36.4 Å². The van der Waals surface area contributed by atoms with Crippen molar-refractivity contribution in [1.82, 2.24) is 4.68 Å². The second kappa shape index (κ2) is 9.52. The van der Waals surface area contributed by atoms with Crippen molar-refractivity contribution in [3.8, 4) is 0 Å². The lowest BCUT2D eigenvalue weighted by molar-refractivity contribution is -0.133. The van der Waals surface area contributed by atoms with Gasteiger partial charge in [-0.15, -0.1) is 0 Å². The molecule has 3 aromatic carbocycles. The summed E-state index contributed by atoms with van der Waals surface area (Å²) in [6, 6.07) is 19.9. The van der Waals surface area contributed by atoms with Gasteiger partial charge in [0, 0.05) is 21.2 Å². The molecule has 34 heavy (non-hydrogen) atoms. The molecule has 4 aromatic rings. The zero-order valence-corrected chi connectivity index (χ0v) is 20.5. The fourth-order valence-corrected chi connectivity index (χ4v) is 4.16. The van der Waals surface area contributed by atoms with Crippen LogP contribution in [0.2, 0.25) is 0 Å². The molecule has 3 N–H and O–H groups in total. The first kappa shape index (κ1) is 23.3. The van der Waals surface area contributed by atoms with Gasteiger partial charge in [-0.05, 0) is 86.0 Å². The number of benzene rings is 3. The number of aromatic nitrogens is 1. The number of nitrogens with one attached hydrogen (secondary N) is 3. The summed E-state index contributed by atoms with van der Waals surface area (Å²) in [5.74, 6) is -2.16. The molecule has 1 aromatic heterocycles. The van der Waals surface area contributed by atoms with E-state index in [1.807, 2.05) is 51.1 Å². The molecule has 7 nitrogen and oxygen atoms in total. The van der Waals surface area contributed by atoms with Crippen LogP contribution in [-0.2, 0) is 9.59 Å². The van der Waals surface area contributed by atoms with Crippen LogP contribution in [0.25, 0.3) is 10.9 Å². The summed E-state index contributed by atoms with van der Waals surface area (Å²) in [6.07, 6.45) is 0. The van der Waals surface area contributed by atoms with Gasteiger partial charge in [0.15, 0.2) is 0 Å². The van der Waals surface area contributed by atoms with Crippen molar-refractivity contribution >= 4 is 55.9 Å². The number of nitrogens with zero attached hydrogens (tertiary/aromatic N) is 1. The van der Waals surface area contributed by atoms with Crippen LogP contribution in [0.5, 0.6) is 0 Å². The van der Waals surface area contributed by atoms with Crippen LogP contribution in [-0.4, -0.2) is 22.4 Å². The average molecular weight is 519 g/mol. The Labute approximate surface area is 205 Å². The van der Waals surface area contributed by atoms with Crippen LogP contribution in [0.4, 0.5) is 11.4 Å². The molecule has 8 heteroatoms. The molecule has 0 spiro atoms. The Morgan fingerprint density at radius 2 is 1.44 bits per heavy atom. The Balaban J connectivity index is 1.64. The van der Waals surface area contributed by atoms with Gasteiger partial charge >= 0.3 is 11.8 Å². The highest BCUT2D eigenvalue weighted by Crippen LogP contribution is 2.24. The van der Waals surface area contributed by atoms with Crippen molar-refractivity contribution in [2.45, 2.75) is 20.8 Å². The molecule has 0 aliphatic rings. The predicted octanol–water partition coefficient (Wildman–Crippen LogP) is 5.29. The van der Waals surface area contributed by atoms with Crippen molar-refractivity contribution in [2.75, 3.05) is 16.1 Å². The third kappa shape index (κ3) is 5.18. The number of anilines is 2. The third-order valence-corrected chi connectivity index (χ3v) is 5.66. The van der Waals surface area contributed by atoms with Crippen molar-refractivity contribution in [3.05, 3.63) is 93.6 Å². The lowest BCUT2D eigenvalue weighted by Crippen LogP contribution is -2.36. The van der Waals surface area contributed by atoms with E-state index >= 15 is 0 Å². The number of amides is 3. The second-order valence-electron chi connectivity index (χ2n) is 8.16. The first-order valence-electron chi connectivity index (χ1n) is 10.6. The van der Waals surface area contributed by atoms with Crippen molar-refractivity contribution in [2.24, 2.45) is 0 Å². The minimum atomic E-state index is -0.901. The van der Waals surface area contributed by atoms with E-state index in [1.165, 1.54) is 4.68 Å². The molecule has 0 aliphatic carbocycles. The molecule has 0 radical (unpaired) electrons. The smallest absolute Gasteiger partial charge is 0.321 e. The molecule has 0 saturated heterocycles. The maximum absolute atomic E-state index is 13.2. The lowest BCUT2D eigenvalue weighted by Gasteiger charge is -2.13. The van der Waals surface area contributed by atoms with Crippen molar-refractivity contribution < 1.29 is 14.4 Å². The van der Waals surface area contributed by atoms with Crippen LogP contribution in [0.1, 0.15) is 27.2 Å². The number of aryl methyl sites for hydroxylation is 3. The van der Waals surface area contributed by atoms with E-state index in [0.29, 0.717) is 16.9 Å². The summed E-state index contributed by atoms with van der Waals surface area (Å²) >= 11 is 3.43. The first-order chi connectivity index (χ1) is 16.2. The highest BCUT2D eigenvalue weighted by Gasteiger charge is 2.21. The first-order valence-corrected chi connectivity index (χ1v) is 11.4. The van der Waals surface area contributed by atoms with Crippen LogP contribution in [0.3, 0.4) is 0 Å². The maximum atomic E-state index is 13.2. The average Bonchev–Trinajstić information content (AvgIpc) is 3.10. The van der Waals surface area contributed by atoms with Crippen molar-refractivity contribution in [3.63, 3.8) is 0 Å². The van der Waals surface area contributed by atoms with E-state index in [4.69, 9.17) is 0 Å². The van der Waals surface area contributed by atoms with Crippen LogP contribution in [0, 0.1) is 20.8 Å². The number of hydrogen-bond donors (Lipinski definition) is 3. The molecular formula is C26H23BrN4O3. The molecule has 0 aliphatic heterocycles. The zero-order chi connectivity index (χ0) is 24.4. The van der Waals surface area contributed by atoms with Gasteiger partial charge in [-0.2, -0.15) is 0 Å². The van der Waals surface area contributed by atoms with Crippen LogP contribution < -0.4 is 16.1 Å². The molecule has 0 bridgehead atoms. The van der Waals surface area contributed by atoms with Gasteiger partial charge in [0.25, 0.3) is 5.91 Å². The Morgan fingerprint density at radius 1 is 0.735 bits per heavy atom. The van der Waals surface area contributed by atoms with E-state index in [2.05, 4.69) is 32.0 Å². The van der Waals surface area contributed by atoms with Gasteiger partial charge in [0.05, 0.1) is 5.52 Å². The number of carbonyl (C=O) groups is 3. The number of halogens is 1. The zero-order valence-electron chi connectivity index (χ0n) is 18.9. The minimum absolute atomic E-state index is 0.184. The molecule has 172 valence electrons. The van der Waals surface area contributed by atoms with Crippen LogP contribution >= 0.6 is 15.9 Å². The minimum Gasteiger partial charge on any atom is -0.321 e. The molecule has 0 unspecified atom stereocenters. The topological polar surface area (TPSA) is 92.2 Å². The number of hydrogen-bond acceptors (Lipinski definition) is 3. The van der Waals surface area contributed by atoms with E-state index in [-0.39, 0.29) is 5.69 Å². The Morgan fingerprint density at radius 3 is 2.15 bits per heavy atom. The summed E-state index contributed by atoms with van der Waals surface area (Å²) < 4.78 is 2.15.